The van der Waals surface area contributed by atoms with Gasteiger partial charge in [-0.1, -0.05) is 60.7 Å². The van der Waals surface area contributed by atoms with Crippen molar-refractivity contribution in [1.82, 2.24) is 0 Å². The maximum atomic E-state index is 12.1. The Morgan fingerprint density at radius 2 is 1.66 bits per heavy atom. The van der Waals surface area contributed by atoms with Gasteiger partial charge in [-0.15, -0.1) is 0 Å². The number of hydrogen-bond acceptors (Lipinski definition) is 6. The van der Waals surface area contributed by atoms with Crippen LogP contribution in [0, 0.1) is 0 Å². The van der Waals surface area contributed by atoms with E-state index in [9.17, 15) is 9.90 Å². The Kier molecular flexibility index (Phi) is 7.16. The Morgan fingerprint density at radius 3 is 2.21 bits per heavy atom. The quantitative estimate of drug-likeness (QED) is 0.488. The smallest absolute Gasteiger partial charge is 0.175 e. The first-order valence-electron chi connectivity index (χ1n) is 9.72. The lowest BCUT2D eigenvalue weighted by atomic mass is 9.99. The van der Waals surface area contributed by atoms with E-state index in [1.807, 2.05) is 60.7 Å². The van der Waals surface area contributed by atoms with Gasteiger partial charge >= 0.3 is 0 Å². The first-order valence-corrected chi connectivity index (χ1v) is 9.72. The molecule has 1 N–H and O–H groups in total. The maximum absolute atomic E-state index is 12.1. The number of carbonyl (C=O) groups is 1. The molecule has 0 amide bonds. The number of carbonyl (C=O) groups excluding carboxylic acids is 1. The monoisotopic (exact) mass is 400 g/mol. The zero-order valence-electron chi connectivity index (χ0n) is 16.8. The molecule has 1 saturated heterocycles. The highest BCUT2D eigenvalue weighted by Gasteiger charge is 2.51. The number of aldehydes is 1. The standard InChI is InChI=1S/C23H28O6/c1-22(2,25)28-21-13-20(27-15-19-11-7-4-8-12-19)23(16-24,29-21)17-26-14-18-9-5-3-6-10-18/h3-12,16,20-21,25H,13-15,17H2,1-2H3/t20-,21-,23+/m0/s1. The molecule has 0 aromatic heterocycles. The van der Waals surface area contributed by atoms with Crippen LogP contribution in [0.15, 0.2) is 60.7 Å². The Labute approximate surface area is 171 Å². The van der Waals surface area contributed by atoms with Crippen LogP contribution in [0.5, 0.6) is 0 Å². The molecule has 0 aliphatic carbocycles. The topological polar surface area (TPSA) is 74.2 Å². The summed E-state index contributed by atoms with van der Waals surface area (Å²) in [5.74, 6) is -1.39. The van der Waals surface area contributed by atoms with Gasteiger partial charge in [-0.3, -0.25) is 4.79 Å². The molecule has 2 aromatic rings. The molecule has 1 fully saturated rings. The van der Waals surface area contributed by atoms with Crippen molar-refractivity contribution in [3.8, 4) is 0 Å². The Hall–Kier alpha value is -2.09. The third kappa shape index (κ3) is 6.19. The van der Waals surface area contributed by atoms with E-state index in [1.165, 1.54) is 13.8 Å². The van der Waals surface area contributed by atoms with Gasteiger partial charge in [-0.25, -0.2) is 0 Å². The summed E-state index contributed by atoms with van der Waals surface area (Å²) < 4.78 is 23.3. The molecule has 0 spiro atoms. The Balaban J connectivity index is 1.68. The normalized spacial score (nSPS) is 24.5. The first-order chi connectivity index (χ1) is 13.9. The fraction of sp³-hybridized carbons (Fsp3) is 0.435. The van der Waals surface area contributed by atoms with Gasteiger partial charge in [-0.2, -0.15) is 0 Å². The minimum absolute atomic E-state index is 0.0244. The molecule has 6 heteroatoms. The highest BCUT2D eigenvalue weighted by Crippen LogP contribution is 2.35. The minimum Gasteiger partial charge on any atom is -0.373 e. The summed E-state index contributed by atoms with van der Waals surface area (Å²) in [5, 5.41) is 9.98. The molecule has 1 aliphatic heterocycles. The SMILES string of the molecule is CC(C)(O)O[C@@H]1C[C@H](OCc2ccccc2)[C@@](C=O)(COCc2ccccc2)O1. The highest BCUT2D eigenvalue weighted by atomic mass is 16.8. The van der Waals surface area contributed by atoms with Crippen LogP contribution < -0.4 is 0 Å². The van der Waals surface area contributed by atoms with E-state index in [-0.39, 0.29) is 6.61 Å². The largest absolute Gasteiger partial charge is 0.373 e. The molecule has 0 bridgehead atoms. The van der Waals surface area contributed by atoms with Gasteiger partial charge in [0.05, 0.1) is 19.8 Å². The van der Waals surface area contributed by atoms with Crippen molar-refractivity contribution in [2.75, 3.05) is 6.61 Å². The summed E-state index contributed by atoms with van der Waals surface area (Å²) in [7, 11) is 0. The van der Waals surface area contributed by atoms with Gasteiger partial charge in [0.15, 0.2) is 24.0 Å². The number of rotatable bonds is 10. The summed E-state index contributed by atoms with van der Waals surface area (Å²) in [6.07, 6.45) is -0.310. The van der Waals surface area contributed by atoms with Crippen molar-refractivity contribution in [2.24, 2.45) is 0 Å². The van der Waals surface area contributed by atoms with E-state index in [1.54, 1.807) is 0 Å². The van der Waals surface area contributed by atoms with E-state index in [0.29, 0.717) is 19.6 Å². The van der Waals surface area contributed by atoms with Crippen LogP contribution in [-0.2, 0) is 37.0 Å². The summed E-state index contributed by atoms with van der Waals surface area (Å²) in [6, 6.07) is 19.4. The highest BCUT2D eigenvalue weighted by molar-refractivity contribution is 5.65. The Morgan fingerprint density at radius 1 is 1.07 bits per heavy atom. The van der Waals surface area contributed by atoms with Crippen LogP contribution in [0.1, 0.15) is 31.4 Å². The van der Waals surface area contributed by atoms with Gasteiger partial charge in [0.1, 0.15) is 6.10 Å². The molecule has 1 aliphatic rings. The van der Waals surface area contributed by atoms with Crippen LogP contribution >= 0.6 is 0 Å². The molecule has 29 heavy (non-hydrogen) atoms. The van der Waals surface area contributed by atoms with Gasteiger partial charge in [0, 0.05) is 6.42 Å². The first kappa shape index (κ1) is 21.6. The second-order valence-electron chi connectivity index (χ2n) is 7.68. The zero-order valence-corrected chi connectivity index (χ0v) is 16.8. The number of hydrogen-bond donors (Lipinski definition) is 1. The van der Waals surface area contributed by atoms with Crippen molar-refractivity contribution >= 4 is 6.29 Å². The predicted molar refractivity (Wildman–Crippen MR) is 107 cm³/mol. The average molecular weight is 400 g/mol. The fourth-order valence-corrected chi connectivity index (χ4v) is 3.28. The van der Waals surface area contributed by atoms with Gasteiger partial charge < -0.3 is 24.1 Å². The van der Waals surface area contributed by atoms with Crippen LogP contribution in [0.2, 0.25) is 0 Å². The molecule has 3 rings (SSSR count). The zero-order chi connectivity index (χ0) is 20.7. The molecule has 2 aromatic carbocycles. The van der Waals surface area contributed by atoms with Gasteiger partial charge in [0.2, 0.25) is 0 Å². The van der Waals surface area contributed by atoms with E-state index in [2.05, 4.69) is 0 Å². The van der Waals surface area contributed by atoms with Gasteiger partial charge in [0.25, 0.3) is 0 Å². The lowest BCUT2D eigenvalue weighted by Gasteiger charge is -2.29. The van der Waals surface area contributed by atoms with Crippen molar-refractivity contribution in [3.05, 3.63) is 71.8 Å². The lowest BCUT2D eigenvalue weighted by Crippen LogP contribution is -2.47. The number of benzene rings is 2. The molecule has 0 unspecified atom stereocenters. The van der Waals surface area contributed by atoms with Crippen molar-refractivity contribution < 1.29 is 28.8 Å². The van der Waals surface area contributed by atoms with Gasteiger partial charge in [-0.05, 0) is 25.0 Å². The molecule has 3 atom stereocenters. The third-order valence-electron chi connectivity index (χ3n) is 4.65. The van der Waals surface area contributed by atoms with E-state index < -0.39 is 23.8 Å². The molecule has 0 radical (unpaired) electrons. The summed E-state index contributed by atoms with van der Waals surface area (Å²) in [4.78, 5) is 12.1. The van der Waals surface area contributed by atoms with Crippen LogP contribution in [0.25, 0.3) is 0 Å². The van der Waals surface area contributed by atoms with E-state index in [4.69, 9.17) is 18.9 Å². The van der Waals surface area contributed by atoms with E-state index >= 15 is 0 Å². The molecule has 1 heterocycles. The molecular weight excluding hydrogens is 372 g/mol. The minimum atomic E-state index is -1.39. The second kappa shape index (κ2) is 9.61. The molecule has 6 nitrogen and oxygen atoms in total. The van der Waals surface area contributed by atoms with Crippen LogP contribution in [0.3, 0.4) is 0 Å². The lowest BCUT2D eigenvalue weighted by molar-refractivity contribution is -0.280. The summed E-state index contributed by atoms with van der Waals surface area (Å²) in [5.41, 5.74) is 0.682. The Bertz CT molecular complexity index is 758. The van der Waals surface area contributed by atoms with E-state index in [0.717, 1.165) is 17.4 Å². The molecule has 0 saturated carbocycles. The number of aliphatic hydroxyl groups is 1. The molecular formula is C23H28O6. The number of ether oxygens (including phenoxy) is 4. The van der Waals surface area contributed by atoms with Crippen LogP contribution in [0.4, 0.5) is 0 Å². The summed E-state index contributed by atoms with van der Waals surface area (Å²) >= 11 is 0. The second-order valence-corrected chi connectivity index (χ2v) is 7.68. The maximum Gasteiger partial charge on any atom is 0.175 e. The van der Waals surface area contributed by atoms with Crippen molar-refractivity contribution in [2.45, 2.75) is 57.3 Å². The predicted octanol–water partition coefficient (Wildman–Crippen LogP) is 3.22. The third-order valence-corrected chi connectivity index (χ3v) is 4.65. The van der Waals surface area contributed by atoms with Crippen LogP contribution in [-0.4, -0.2) is 41.8 Å². The fourth-order valence-electron chi connectivity index (χ4n) is 3.28. The van der Waals surface area contributed by atoms with Crippen molar-refractivity contribution in [3.63, 3.8) is 0 Å². The summed E-state index contributed by atoms with van der Waals surface area (Å²) in [6.45, 7) is 3.74. The van der Waals surface area contributed by atoms with Crippen molar-refractivity contribution in [1.29, 1.82) is 0 Å². The molecule has 156 valence electrons. The average Bonchev–Trinajstić information content (AvgIpc) is 3.04.